The predicted octanol–water partition coefficient (Wildman–Crippen LogP) is 22.1. The Morgan fingerprint density at radius 3 is 1.23 bits per heavy atom. The van der Waals surface area contributed by atoms with Gasteiger partial charge in [0.25, 0.3) is 0 Å². The molecule has 93 heavy (non-hydrogen) atoms. The van der Waals surface area contributed by atoms with Crippen molar-refractivity contribution in [1.29, 1.82) is 0 Å². The van der Waals surface area contributed by atoms with Crippen LogP contribution in [0, 0.1) is 7.14 Å². The Labute approximate surface area is 627 Å². The number of rotatable bonds is 23. The number of benzene rings is 7. The minimum absolute atomic E-state index is 0.0451. The number of ketones is 2. The fourth-order valence-electron chi connectivity index (χ4n) is 7.17. The molecule has 0 saturated carbocycles. The van der Waals surface area contributed by atoms with Crippen molar-refractivity contribution in [3.05, 3.63) is 296 Å². The molecule has 0 saturated heterocycles. The highest BCUT2D eigenvalue weighted by molar-refractivity contribution is 14.1. The van der Waals surface area contributed by atoms with Crippen molar-refractivity contribution >= 4 is 188 Å². The van der Waals surface area contributed by atoms with Gasteiger partial charge in [0.05, 0.1) is 11.8 Å². The molecule has 0 heterocycles. The zero-order valence-electron chi connectivity index (χ0n) is 50.8. The third-order valence-electron chi connectivity index (χ3n) is 11.5. The SMILES string of the molecule is C=CC(=O)CCBr.C=CC(=O)CCl.C=CC(=O)OCc1cc(CBr)cc(COC(=O)C=C)c1.C=CC(=O)OCc1cccc(CCl)c1.ClC/C=C\CCl.ClCc1cccc(CCl)c1.ClCc1ccccc1Oc1ccccc1.Ic1ccc2c(c1)Cc1cc(I)ccc1-2. The van der Waals surface area contributed by atoms with E-state index in [0.717, 1.165) is 86.0 Å². The predicted molar refractivity (Wildman–Crippen MR) is 413 cm³/mol. The van der Waals surface area contributed by atoms with Gasteiger partial charge in [-0.2, -0.15) is 0 Å². The number of hydrogen-bond donors (Lipinski definition) is 0. The van der Waals surface area contributed by atoms with Crippen LogP contribution in [0.4, 0.5) is 0 Å². The molecule has 1 aliphatic rings. The Morgan fingerprint density at radius 2 is 0.849 bits per heavy atom. The molecule has 0 amide bonds. The molecule has 0 aliphatic heterocycles. The van der Waals surface area contributed by atoms with Gasteiger partial charge in [-0.25, -0.2) is 14.4 Å². The average Bonchev–Trinajstić information content (AvgIpc) is 1.65. The van der Waals surface area contributed by atoms with Crippen LogP contribution in [0.5, 0.6) is 11.5 Å². The van der Waals surface area contributed by atoms with Gasteiger partial charge in [-0.05, 0) is 173 Å². The van der Waals surface area contributed by atoms with Gasteiger partial charge in [0.15, 0.2) is 11.6 Å². The summed E-state index contributed by atoms with van der Waals surface area (Å²) in [5.41, 5.74) is 13.6. The summed E-state index contributed by atoms with van der Waals surface area (Å²) in [6.45, 7) is 17.0. The summed E-state index contributed by atoms with van der Waals surface area (Å²) in [5.74, 6) is 3.45. The van der Waals surface area contributed by atoms with E-state index < -0.39 is 17.9 Å². The molecule has 0 spiro atoms. The standard InChI is InChI=1S/C15H15BrO4.C13H11ClO.C13H8I2.C11H11ClO2.C8H8Cl2.C5H7BrO.C4H6Cl2.C4H5ClO/c1-3-14(17)19-9-12-5-11(8-16)6-13(7-12)10-20-15(18)4-2;14-10-11-6-4-5-9-13(11)15-12-7-2-1-3-8-12;14-10-1-3-12-8(6-10)5-9-7-11(15)2-4-13(9)12;1-2-11(13)14-8-10-5-3-4-9(6-10)7-12;9-5-7-2-1-3-8(4-7)6-10;1-2-5(7)3-4-6;5-3-1-2-4-6;1-2-4(6)3-5/h3-7H,1-2,8-10H2;1-9H,10H2;1-4,6-7H,5H2;2-6H,1,7-8H2;1-4H,5-6H2;2H,1,3-4H2;1-2H,3-4H2;2H,1,3H2/b;;;;;;2-1-;. The maximum atomic E-state index is 11.0. The van der Waals surface area contributed by atoms with Crippen molar-refractivity contribution in [2.45, 2.75) is 61.5 Å². The first-order valence-corrected chi connectivity index (χ1v) is 36.0. The molecular weight excluding hydrogens is 1680 g/mol. The number of para-hydroxylation sites is 2. The summed E-state index contributed by atoms with van der Waals surface area (Å²) >= 11 is 49.5. The fraction of sp³-hybridized carbons (Fsp3) is 0.192. The molecule has 1 aliphatic carbocycles. The lowest BCUT2D eigenvalue weighted by Crippen LogP contribution is -2.04. The van der Waals surface area contributed by atoms with Gasteiger partial charge in [-0.3, -0.25) is 9.59 Å². The number of hydrogen-bond acceptors (Lipinski definition) is 9. The molecule has 0 fully saturated rings. The minimum Gasteiger partial charge on any atom is -0.458 e. The summed E-state index contributed by atoms with van der Waals surface area (Å²) in [7, 11) is 0. The molecule has 0 radical (unpaired) electrons. The Kier molecular flexibility index (Phi) is 50.1. The summed E-state index contributed by atoms with van der Waals surface area (Å²) in [5, 5.41) is 1.39. The highest BCUT2D eigenvalue weighted by Crippen LogP contribution is 2.38. The Hall–Kier alpha value is -5.02. The van der Waals surface area contributed by atoms with Crippen molar-refractivity contribution in [1.82, 2.24) is 0 Å². The first-order valence-electron chi connectivity index (χ1n) is 27.9. The molecule has 9 nitrogen and oxygen atoms in total. The first-order chi connectivity index (χ1) is 44.9. The third kappa shape index (κ3) is 39.0. The summed E-state index contributed by atoms with van der Waals surface area (Å²) < 4.78 is 23.2. The third-order valence-corrected chi connectivity index (χ3v) is 15.7. The van der Waals surface area contributed by atoms with Crippen LogP contribution in [0.25, 0.3) is 11.1 Å². The first kappa shape index (κ1) is 86.0. The molecule has 0 N–H and O–H groups in total. The highest BCUT2D eigenvalue weighted by Gasteiger charge is 2.18. The molecule has 20 heteroatoms. The summed E-state index contributed by atoms with van der Waals surface area (Å²) in [6, 6.07) is 52.1. The van der Waals surface area contributed by atoms with Gasteiger partial charge in [0.1, 0.15) is 31.3 Å². The lowest BCUT2D eigenvalue weighted by atomic mass is 10.1. The second kappa shape index (κ2) is 54.1. The lowest BCUT2D eigenvalue weighted by Gasteiger charge is -2.09. The zero-order valence-corrected chi connectivity index (χ0v) is 63.6. The molecule has 0 bridgehead atoms. The number of esters is 3. The van der Waals surface area contributed by atoms with Crippen LogP contribution in [0.1, 0.15) is 62.1 Å². The van der Waals surface area contributed by atoms with Crippen LogP contribution in [-0.4, -0.2) is 52.4 Å². The lowest BCUT2D eigenvalue weighted by molar-refractivity contribution is -0.139. The van der Waals surface area contributed by atoms with Gasteiger partial charge in [0, 0.05) is 77.4 Å². The second-order valence-corrected chi connectivity index (χ2v) is 24.2. The van der Waals surface area contributed by atoms with E-state index in [1.54, 1.807) is 0 Å². The molecule has 0 unspecified atom stereocenters. The quantitative estimate of drug-likeness (QED) is 0.0154. The summed E-state index contributed by atoms with van der Waals surface area (Å²) in [6.07, 6.45) is 11.2. The van der Waals surface area contributed by atoms with Crippen molar-refractivity contribution in [3.63, 3.8) is 0 Å². The fourth-order valence-corrected chi connectivity index (χ4v) is 10.1. The van der Waals surface area contributed by atoms with Crippen LogP contribution in [0.2, 0.25) is 0 Å². The number of carbonyl (C=O) groups excluding carboxylic acids is 5. The van der Waals surface area contributed by atoms with Crippen molar-refractivity contribution < 1.29 is 42.9 Å². The number of fused-ring (bicyclic) bond motifs is 3. The zero-order chi connectivity index (χ0) is 69.2. The maximum absolute atomic E-state index is 11.0. The average molecular weight is 1750 g/mol. The topological polar surface area (TPSA) is 122 Å². The minimum atomic E-state index is -0.478. The molecule has 7 aromatic rings. The normalized spacial score (nSPS) is 9.92. The number of carbonyl (C=O) groups is 5. The molecule has 0 aromatic heterocycles. The van der Waals surface area contributed by atoms with Crippen molar-refractivity contribution in [3.8, 4) is 22.6 Å². The molecule has 0 atom stereocenters. The van der Waals surface area contributed by atoms with Gasteiger partial charge in [-0.1, -0.05) is 186 Å². The van der Waals surface area contributed by atoms with E-state index in [2.05, 4.69) is 146 Å². The van der Waals surface area contributed by atoms with Crippen LogP contribution >= 0.6 is 158 Å². The number of ether oxygens (including phenoxy) is 4. The largest absolute Gasteiger partial charge is 0.458 e. The van der Waals surface area contributed by atoms with Crippen LogP contribution in [0.15, 0.2) is 233 Å². The Balaban J connectivity index is 0.000000548. The van der Waals surface area contributed by atoms with E-state index in [4.69, 9.17) is 100 Å². The van der Waals surface area contributed by atoms with Crippen molar-refractivity contribution in [2.75, 3.05) is 23.0 Å². The van der Waals surface area contributed by atoms with E-state index in [1.807, 2.05) is 133 Å². The van der Waals surface area contributed by atoms with E-state index in [1.165, 1.54) is 41.5 Å². The monoisotopic (exact) mass is 1750 g/mol. The maximum Gasteiger partial charge on any atom is 0.330 e. The van der Waals surface area contributed by atoms with E-state index in [0.29, 0.717) is 47.0 Å². The van der Waals surface area contributed by atoms with Crippen LogP contribution in [-0.2, 0) is 93.3 Å². The van der Waals surface area contributed by atoms with Gasteiger partial charge >= 0.3 is 17.9 Å². The summed E-state index contributed by atoms with van der Waals surface area (Å²) in [4.78, 5) is 53.1. The van der Waals surface area contributed by atoms with Gasteiger partial charge in [0.2, 0.25) is 0 Å². The number of halogens is 11. The Bertz CT molecular complexity index is 3360. The number of alkyl halides is 9. The molecular formula is C73H71Br2Cl7I2O9. The smallest absolute Gasteiger partial charge is 0.330 e. The van der Waals surface area contributed by atoms with Crippen molar-refractivity contribution in [2.24, 2.45) is 0 Å². The molecule has 494 valence electrons. The van der Waals surface area contributed by atoms with Gasteiger partial charge < -0.3 is 18.9 Å². The van der Waals surface area contributed by atoms with E-state index >= 15 is 0 Å². The van der Waals surface area contributed by atoms with E-state index in [9.17, 15) is 24.0 Å². The van der Waals surface area contributed by atoms with Crippen LogP contribution < -0.4 is 4.74 Å². The Morgan fingerprint density at radius 1 is 0.441 bits per heavy atom. The molecule has 7 aromatic carbocycles. The van der Waals surface area contributed by atoms with Gasteiger partial charge in [-0.15, -0.1) is 81.2 Å². The molecule has 8 rings (SSSR count). The van der Waals surface area contributed by atoms with Crippen LogP contribution in [0.3, 0.4) is 0 Å². The number of allylic oxidation sites excluding steroid dienone is 4. The highest BCUT2D eigenvalue weighted by atomic mass is 127. The van der Waals surface area contributed by atoms with E-state index in [-0.39, 0.29) is 37.3 Å². The second-order valence-electron chi connectivity index (χ2n) is 18.4.